The van der Waals surface area contributed by atoms with Gasteiger partial charge in [-0.1, -0.05) is 12.1 Å². The highest BCUT2D eigenvalue weighted by Gasteiger charge is 2.19. The van der Waals surface area contributed by atoms with Crippen LogP contribution in [-0.4, -0.2) is 48.2 Å². The molecule has 0 atom stereocenters. The van der Waals surface area contributed by atoms with Crippen molar-refractivity contribution in [2.75, 3.05) is 38.2 Å². The highest BCUT2D eigenvalue weighted by Crippen LogP contribution is 2.24. The molecule has 1 aliphatic rings. The van der Waals surface area contributed by atoms with Gasteiger partial charge in [0.25, 0.3) is 0 Å². The van der Waals surface area contributed by atoms with Crippen molar-refractivity contribution in [3.05, 3.63) is 64.5 Å². The highest BCUT2D eigenvalue weighted by atomic mass is 16.5. The van der Waals surface area contributed by atoms with E-state index in [0.29, 0.717) is 17.9 Å². The third-order valence-corrected chi connectivity index (χ3v) is 5.70. The van der Waals surface area contributed by atoms with Crippen molar-refractivity contribution in [3.8, 4) is 5.75 Å². The molecule has 1 aliphatic heterocycles. The minimum atomic E-state index is -0.329. The first kappa shape index (κ1) is 18.7. The van der Waals surface area contributed by atoms with Crippen LogP contribution in [-0.2, 0) is 6.54 Å². The monoisotopic (exact) mass is 404 g/mol. The molecule has 0 radical (unpaired) electrons. The minimum Gasteiger partial charge on any atom is -0.497 e. The maximum absolute atomic E-state index is 12.1. The number of imidazole rings is 1. The highest BCUT2D eigenvalue weighted by molar-refractivity contribution is 5.81. The Kier molecular flexibility index (Phi) is 4.88. The molecular weight excluding hydrogens is 380 g/mol. The Morgan fingerprint density at radius 1 is 1.10 bits per heavy atom. The van der Waals surface area contributed by atoms with Crippen LogP contribution in [0.25, 0.3) is 22.0 Å². The fourth-order valence-corrected chi connectivity index (χ4v) is 4.14. The third-order valence-electron chi connectivity index (χ3n) is 5.70. The van der Waals surface area contributed by atoms with E-state index in [4.69, 9.17) is 14.1 Å². The summed E-state index contributed by atoms with van der Waals surface area (Å²) in [6.07, 6.45) is 1.03. The van der Waals surface area contributed by atoms with E-state index >= 15 is 0 Å². The molecule has 154 valence electrons. The third kappa shape index (κ3) is 3.64. The molecule has 5 rings (SSSR count). The van der Waals surface area contributed by atoms with Gasteiger partial charge in [0.15, 0.2) is 0 Å². The molecule has 30 heavy (non-hydrogen) atoms. The van der Waals surface area contributed by atoms with Crippen molar-refractivity contribution in [3.63, 3.8) is 0 Å². The van der Waals surface area contributed by atoms with E-state index in [2.05, 4.69) is 20.9 Å². The fourth-order valence-electron chi connectivity index (χ4n) is 4.14. The molecule has 0 bridgehead atoms. The van der Waals surface area contributed by atoms with Gasteiger partial charge in [-0.25, -0.2) is 9.78 Å². The summed E-state index contributed by atoms with van der Waals surface area (Å²) in [5.41, 5.74) is 3.28. The van der Waals surface area contributed by atoms with Gasteiger partial charge in [-0.05, 0) is 36.2 Å². The lowest BCUT2D eigenvalue weighted by atomic mass is 10.1. The molecule has 1 fully saturated rings. The predicted molar refractivity (Wildman–Crippen MR) is 117 cm³/mol. The van der Waals surface area contributed by atoms with Crippen molar-refractivity contribution in [2.45, 2.75) is 13.0 Å². The maximum Gasteiger partial charge on any atom is 0.336 e. The molecule has 0 unspecified atom stereocenters. The molecule has 7 nitrogen and oxygen atoms in total. The van der Waals surface area contributed by atoms with E-state index in [1.165, 1.54) is 0 Å². The van der Waals surface area contributed by atoms with Crippen molar-refractivity contribution < 1.29 is 9.15 Å². The molecule has 2 aromatic carbocycles. The zero-order valence-corrected chi connectivity index (χ0v) is 16.9. The van der Waals surface area contributed by atoms with Crippen LogP contribution in [0.3, 0.4) is 0 Å². The van der Waals surface area contributed by atoms with Gasteiger partial charge in [0.1, 0.15) is 11.3 Å². The van der Waals surface area contributed by atoms with E-state index in [-0.39, 0.29) is 5.63 Å². The van der Waals surface area contributed by atoms with Gasteiger partial charge in [0.2, 0.25) is 5.95 Å². The lowest BCUT2D eigenvalue weighted by Gasteiger charge is -2.22. The van der Waals surface area contributed by atoms with Gasteiger partial charge >= 0.3 is 5.63 Å². The van der Waals surface area contributed by atoms with Crippen molar-refractivity contribution in [2.24, 2.45) is 0 Å². The summed E-state index contributed by atoms with van der Waals surface area (Å²) in [7, 11) is 1.61. The maximum atomic E-state index is 12.1. The number of rotatable bonds is 4. The second kappa shape index (κ2) is 7.84. The number of benzene rings is 2. The molecule has 1 N–H and O–H groups in total. The van der Waals surface area contributed by atoms with Gasteiger partial charge in [-0.3, -0.25) is 4.90 Å². The number of hydrogen-bond acceptors (Lipinski definition) is 6. The summed E-state index contributed by atoms with van der Waals surface area (Å²) in [6, 6.07) is 15.3. The number of methoxy groups -OCH3 is 1. The quantitative estimate of drug-likeness (QED) is 0.526. The fraction of sp³-hybridized carbons (Fsp3) is 0.304. The molecule has 0 saturated carbocycles. The number of H-pyrrole nitrogens is 1. The normalized spacial score (nSPS) is 15.6. The topological polar surface area (TPSA) is 74.6 Å². The predicted octanol–water partition coefficient (Wildman–Crippen LogP) is 3.39. The summed E-state index contributed by atoms with van der Waals surface area (Å²) in [4.78, 5) is 25.0. The summed E-state index contributed by atoms with van der Waals surface area (Å²) in [5.74, 6) is 1.61. The average Bonchev–Trinajstić information content (AvgIpc) is 3.05. The Morgan fingerprint density at radius 2 is 2.00 bits per heavy atom. The molecule has 2 aromatic heterocycles. The van der Waals surface area contributed by atoms with Gasteiger partial charge < -0.3 is 19.0 Å². The molecule has 1 saturated heterocycles. The van der Waals surface area contributed by atoms with E-state index in [1.807, 2.05) is 30.3 Å². The number of nitrogens with zero attached hydrogens (tertiary/aromatic N) is 3. The van der Waals surface area contributed by atoms with Gasteiger partial charge in [-0.15, -0.1) is 0 Å². The summed E-state index contributed by atoms with van der Waals surface area (Å²) >= 11 is 0. The Labute approximate surface area is 173 Å². The Bertz CT molecular complexity index is 1210. The lowest BCUT2D eigenvalue weighted by Crippen LogP contribution is -2.31. The van der Waals surface area contributed by atoms with Crippen LogP contribution in [0.15, 0.2) is 57.7 Å². The van der Waals surface area contributed by atoms with Crippen LogP contribution < -0.4 is 15.3 Å². The minimum absolute atomic E-state index is 0.329. The van der Waals surface area contributed by atoms with Gasteiger partial charge in [-0.2, -0.15) is 0 Å². The first-order valence-corrected chi connectivity index (χ1v) is 10.2. The van der Waals surface area contributed by atoms with E-state index < -0.39 is 0 Å². The second-order valence-corrected chi connectivity index (χ2v) is 7.65. The van der Waals surface area contributed by atoms with Crippen molar-refractivity contribution >= 4 is 28.0 Å². The number of nitrogens with one attached hydrogen (secondary N) is 1. The van der Waals surface area contributed by atoms with E-state index in [0.717, 1.165) is 60.5 Å². The molecule has 0 spiro atoms. The van der Waals surface area contributed by atoms with Crippen molar-refractivity contribution in [1.82, 2.24) is 14.9 Å². The molecule has 3 heterocycles. The van der Waals surface area contributed by atoms with Gasteiger partial charge in [0, 0.05) is 50.2 Å². The Hall–Kier alpha value is -3.32. The van der Waals surface area contributed by atoms with Crippen LogP contribution in [0.1, 0.15) is 12.0 Å². The molecule has 7 heteroatoms. The van der Waals surface area contributed by atoms with E-state index in [1.54, 1.807) is 19.2 Å². The number of fused-ring (bicyclic) bond motifs is 2. The number of aromatic nitrogens is 2. The number of ether oxygens (including phenoxy) is 1. The zero-order chi connectivity index (χ0) is 20.5. The Balaban J connectivity index is 1.35. The number of aromatic amines is 1. The number of anilines is 1. The first-order valence-electron chi connectivity index (χ1n) is 10.2. The standard InChI is InChI=1S/C23H24N4O3/c1-29-17-7-8-18-16(13-22(28)30-21(18)14-17)15-26-9-4-10-27(12-11-26)23-24-19-5-2-3-6-20(19)25-23/h2-3,5-8,13-14H,4,9-12,15H2,1H3,(H,24,25). The van der Waals surface area contributed by atoms with Crippen molar-refractivity contribution in [1.29, 1.82) is 0 Å². The Morgan fingerprint density at radius 3 is 2.87 bits per heavy atom. The average molecular weight is 404 g/mol. The second-order valence-electron chi connectivity index (χ2n) is 7.65. The summed E-state index contributed by atoms with van der Waals surface area (Å²) < 4.78 is 10.6. The first-order chi connectivity index (χ1) is 14.7. The van der Waals surface area contributed by atoms with Crippen LogP contribution >= 0.6 is 0 Å². The number of hydrogen-bond donors (Lipinski definition) is 1. The number of para-hydroxylation sites is 2. The van der Waals surface area contributed by atoms with Gasteiger partial charge in [0.05, 0.1) is 18.1 Å². The van der Waals surface area contributed by atoms with Crippen LogP contribution in [0.4, 0.5) is 5.95 Å². The zero-order valence-electron chi connectivity index (χ0n) is 16.9. The largest absolute Gasteiger partial charge is 0.497 e. The summed E-state index contributed by atoms with van der Waals surface area (Å²) in [5, 5.41) is 0.953. The summed E-state index contributed by atoms with van der Waals surface area (Å²) in [6.45, 7) is 4.41. The molecule has 0 amide bonds. The van der Waals surface area contributed by atoms with Crippen LogP contribution in [0.5, 0.6) is 5.75 Å². The molecule has 0 aliphatic carbocycles. The van der Waals surface area contributed by atoms with Crippen LogP contribution in [0.2, 0.25) is 0 Å². The van der Waals surface area contributed by atoms with E-state index in [9.17, 15) is 4.79 Å². The SMILES string of the molecule is COc1ccc2c(CN3CCCN(c4nc5ccccc5[nH]4)CC3)cc(=O)oc2c1. The van der Waals surface area contributed by atoms with Crippen LogP contribution in [0, 0.1) is 0 Å². The smallest absolute Gasteiger partial charge is 0.336 e. The lowest BCUT2D eigenvalue weighted by molar-refractivity contribution is 0.286. The molecule has 4 aromatic rings. The molecular formula is C23H24N4O3.